The van der Waals surface area contributed by atoms with E-state index in [0.29, 0.717) is 29.4 Å². The van der Waals surface area contributed by atoms with Crippen LogP contribution in [0.3, 0.4) is 0 Å². The number of aromatic nitrogens is 4. The topological polar surface area (TPSA) is 174 Å². The summed E-state index contributed by atoms with van der Waals surface area (Å²) >= 11 is 6.64. The van der Waals surface area contributed by atoms with Crippen molar-refractivity contribution in [1.82, 2.24) is 20.0 Å². The van der Waals surface area contributed by atoms with E-state index in [9.17, 15) is 19.2 Å². The van der Waals surface area contributed by atoms with Crippen molar-refractivity contribution < 1.29 is 38.7 Å². The number of carbonyl (C=O) groups excluding carboxylic acids is 4. The number of ketones is 2. The van der Waals surface area contributed by atoms with Gasteiger partial charge in [-0.05, 0) is 75.3 Å². The molecule has 0 atom stereocenters. The molecule has 2 heterocycles. The van der Waals surface area contributed by atoms with Gasteiger partial charge in [-0.15, -0.1) is 0 Å². The summed E-state index contributed by atoms with van der Waals surface area (Å²) in [5.74, 6) is -1.12. The number of aromatic amines is 1. The van der Waals surface area contributed by atoms with Gasteiger partial charge in [-0.1, -0.05) is 50.1 Å². The molecule has 0 amide bonds. The van der Waals surface area contributed by atoms with Crippen molar-refractivity contribution in [3.05, 3.63) is 91.4 Å². The highest BCUT2D eigenvalue weighted by Crippen LogP contribution is 2.28. The van der Waals surface area contributed by atoms with Gasteiger partial charge in [-0.3, -0.25) is 14.7 Å². The molecule has 15 heteroatoms. The molecule has 2 aromatic carbocycles. The second kappa shape index (κ2) is 16.8. The maximum Gasteiger partial charge on any atom is 0.488 e. The molecule has 0 saturated carbocycles. The molecule has 0 radical (unpaired) electrons. The monoisotopic (exact) mass is 770 g/mol. The number of H-pyrrole nitrogens is 1. The SMILES string of the molecule is CCOC(=O)c1n[nH]c2c1C(=O)CCC2.CCOC(=O)c1nn(-c2cccc(Br)c2)c2c1C(=O)CCC2.OB(O)c1cccc(Br)c1. The summed E-state index contributed by atoms with van der Waals surface area (Å²) in [4.78, 5) is 47.4. The summed E-state index contributed by atoms with van der Waals surface area (Å²) in [5.41, 5.74) is 3.97. The minimum absolute atomic E-state index is 0.0203. The number of nitrogens with zero attached hydrogens (tertiary/aromatic N) is 3. The molecule has 2 aliphatic rings. The number of rotatable bonds is 6. The van der Waals surface area contributed by atoms with Crippen molar-refractivity contribution >= 4 is 67.9 Å². The van der Waals surface area contributed by atoms with Crippen LogP contribution in [0.4, 0.5) is 0 Å². The Bertz CT molecular complexity index is 1770. The summed E-state index contributed by atoms with van der Waals surface area (Å²) in [5, 5.41) is 28.3. The van der Waals surface area contributed by atoms with Crippen LogP contribution in [-0.2, 0) is 22.3 Å². The summed E-state index contributed by atoms with van der Waals surface area (Å²) in [6.07, 6.45) is 4.01. The highest BCUT2D eigenvalue weighted by molar-refractivity contribution is 9.10. The predicted octanol–water partition coefficient (Wildman–Crippen LogP) is 4.56. The molecular weight excluding hydrogens is 739 g/mol. The first-order chi connectivity index (χ1) is 22.5. The summed E-state index contributed by atoms with van der Waals surface area (Å²) in [6.45, 7) is 4.00. The molecule has 47 heavy (non-hydrogen) atoms. The highest BCUT2D eigenvalue weighted by Gasteiger charge is 2.31. The summed E-state index contributed by atoms with van der Waals surface area (Å²) in [7, 11) is -1.38. The fourth-order valence-electron chi connectivity index (χ4n) is 5.11. The normalized spacial score (nSPS) is 13.2. The Morgan fingerprint density at radius 3 is 2.04 bits per heavy atom. The number of carbonyl (C=O) groups is 4. The van der Waals surface area contributed by atoms with Crippen LogP contribution in [0.25, 0.3) is 5.69 Å². The molecule has 0 saturated heterocycles. The van der Waals surface area contributed by atoms with E-state index in [2.05, 4.69) is 47.2 Å². The highest BCUT2D eigenvalue weighted by atomic mass is 79.9. The maximum atomic E-state index is 12.3. The van der Waals surface area contributed by atoms with Gasteiger partial charge in [0.05, 0.1) is 35.7 Å². The van der Waals surface area contributed by atoms with Gasteiger partial charge >= 0.3 is 19.1 Å². The molecule has 3 N–H and O–H groups in total. The molecular formula is C32H33BBr2N4O8. The van der Waals surface area contributed by atoms with E-state index >= 15 is 0 Å². The number of halogens is 2. The van der Waals surface area contributed by atoms with Crippen LogP contribution in [0.2, 0.25) is 0 Å². The van der Waals surface area contributed by atoms with E-state index in [1.54, 1.807) is 36.7 Å². The maximum absolute atomic E-state index is 12.3. The third kappa shape index (κ3) is 8.92. The predicted molar refractivity (Wildman–Crippen MR) is 180 cm³/mol. The van der Waals surface area contributed by atoms with Gasteiger partial charge in [-0.25, -0.2) is 14.3 Å². The van der Waals surface area contributed by atoms with E-state index in [1.165, 1.54) is 0 Å². The van der Waals surface area contributed by atoms with Gasteiger partial charge < -0.3 is 19.5 Å². The molecule has 0 spiro atoms. The first-order valence-electron chi connectivity index (χ1n) is 15.0. The molecule has 4 aromatic rings. The first-order valence-corrected chi connectivity index (χ1v) is 16.6. The number of Topliss-reactive ketones (excluding diaryl/α,β-unsaturated/α-hetero) is 2. The lowest BCUT2D eigenvalue weighted by Crippen LogP contribution is -2.29. The number of nitrogens with one attached hydrogen (secondary N) is 1. The van der Waals surface area contributed by atoms with E-state index in [4.69, 9.17) is 19.5 Å². The molecule has 246 valence electrons. The first kappa shape index (κ1) is 35.9. The van der Waals surface area contributed by atoms with E-state index in [-0.39, 0.29) is 36.2 Å². The number of ether oxygens (including phenoxy) is 2. The van der Waals surface area contributed by atoms with E-state index in [1.807, 2.05) is 30.3 Å². The van der Waals surface area contributed by atoms with Crippen molar-refractivity contribution in [1.29, 1.82) is 0 Å². The zero-order valence-corrected chi connectivity index (χ0v) is 29.0. The molecule has 2 aromatic heterocycles. The smallest absolute Gasteiger partial charge is 0.461 e. The second-order valence-corrected chi connectivity index (χ2v) is 12.2. The van der Waals surface area contributed by atoms with Crippen molar-refractivity contribution in [2.24, 2.45) is 0 Å². The Hall–Kier alpha value is -3.92. The van der Waals surface area contributed by atoms with Crippen LogP contribution in [-0.4, -0.2) is 73.9 Å². The van der Waals surface area contributed by atoms with Gasteiger partial charge in [-0.2, -0.15) is 10.2 Å². The number of benzene rings is 2. The standard InChI is InChI=1S/C16H15BrN2O3.C10H12N2O3.C6H6BBrO2/c1-2-22-16(21)15-14-12(7-4-8-13(14)20)19(18-15)11-6-3-5-10(17)9-11;1-2-15-10(14)9-8-6(11-12-9)4-3-5-7(8)13;8-6-3-1-2-5(4-6)7(9)10/h3,5-6,9H,2,4,7-8H2,1H3;2-5H2,1H3,(H,11,12);1-4,9-10H. The number of hydrogen-bond donors (Lipinski definition) is 3. The molecule has 12 nitrogen and oxygen atoms in total. The third-order valence-electron chi connectivity index (χ3n) is 7.17. The molecule has 6 rings (SSSR count). The van der Waals surface area contributed by atoms with Crippen LogP contribution in [0, 0.1) is 0 Å². The quantitative estimate of drug-likeness (QED) is 0.186. The van der Waals surface area contributed by atoms with Crippen molar-refractivity contribution in [3.63, 3.8) is 0 Å². The van der Waals surface area contributed by atoms with Crippen molar-refractivity contribution in [2.75, 3.05) is 13.2 Å². The fraction of sp³-hybridized carbons (Fsp3) is 0.312. The molecule has 2 aliphatic carbocycles. The lowest BCUT2D eigenvalue weighted by molar-refractivity contribution is 0.0507. The number of fused-ring (bicyclic) bond motifs is 2. The van der Waals surface area contributed by atoms with Gasteiger partial charge in [0.25, 0.3) is 0 Å². The van der Waals surface area contributed by atoms with Crippen LogP contribution < -0.4 is 5.46 Å². The minimum Gasteiger partial charge on any atom is -0.461 e. The van der Waals surface area contributed by atoms with Crippen LogP contribution >= 0.6 is 31.9 Å². The van der Waals surface area contributed by atoms with E-state index in [0.717, 1.165) is 51.7 Å². The number of esters is 2. The Balaban J connectivity index is 0.000000173. The largest absolute Gasteiger partial charge is 0.488 e. The Labute approximate surface area is 288 Å². The zero-order chi connectivity index (χ0) is 34.1. The lowest BCUT2D eigenvalue weighted by Gasteiger charge is -2.13. The van der Waals surface area contributed by atoms with Crippen LogP contribution in [0.15, 0.2) is 57.5 Å². The summed E-state index contributed by atoms with van der Waals surface area (Å²) in [6, 6.07) is 14.5. The van der Waals surface area contributed by atoms with Crippen molar-refractivity contribution in [3.8, 4) is 5.69 Å². The second-order valence-electron chi connectivity index (χ2n) is 10.4. The van der Waals surface area contributed by atoms with Gasteiger partial charge in [0, 0.05) is 27.5 Å². The lowest BCUT2D eigenvalue weighted by atomic mass is 9.81. The fourth-order valence-corrected chi connectivity index (χ4v) is 5.91. The summed E-state index contributed by atoms with van der Waals surface area (Å²) < 4.78 is 13.3. The molecule has 0 fully saturated rings. The average molecular weight is 772 g/mol. The average Bonchev–Trinajstić information content (AvgIpc) is 3.66. The Kier molecular flexibility index (Phi) is 12.8. The molecule has 0 aliphatic heterocycles. The van der Waals surface area contributed by atoms with Crippen LogP contribution in [0.5, 0.6) is 0 Å². The van der Waals surface area contributed by atoms with E-state index < -0.39 is 19.1 Å². The Morgan fingerprint density at radius 2 is 1.45 bits per heavy atom. The zero-order valence-electron chi connectivity index (χ0n) is 25.8. The van der Waals surface area contributed by atoms with Gasteiger partial charge in [0.15, 0.2) is 23.0 Å². The minimum atomic E-state index is -1.38. The number of hydrogen-bond acceptors (Lipinski definition) is 10. The Morgan fingerprint density at radius 1 is 0.851 bits per heavy atom. The van der Waals surface area contributed by atoms with Gasteiger partial charge in [0.1, 0.15) is 0 Å². The van der Waals surface area contributed by atoms with Crippen LogP contribution in [0.1, 0.15) is 92.6 Å². The number of aryl methyl sites for hydroxylation is 1. The van der Waals surface area contributed by atoms with Crippen molar-refractivity contribution in [2.45, 2.75) is 52.4 Å². The molecule has 0 unspecified atom stereocenters. The third-order valence-corrected chi connectivity index (χ3v) is 8.15. The van der Waals surface area contributed by atoms with Gasteiger partial charge in [0.2, 0.25) is 0 Å². The molecule has 0 bridgehead atoms.